The molecule has 0 spiro atoms. The number of hydrogen-bond acceptors (Lipinski definition) is 3. The van der Waals surface area contributed by atoms with Gasteiger partial charge in [-0.25, -0.2) is 12.8 Å². The van der Waals surface area contributed by atoms with Crippen LogP contribution in [0.2, 0.25) is 0 Å². The van der Waals surface area contributed by atoms with Crippen LogP contribution in [0.25, 0.3) is 0 Å². The first-order valence-corrected chi connectivity index (χ1v) is 11.3. The zero-order chi connectivity index (χ0) is 21.0. The summed E-state index contributed by atoms with van der Waals surface area (Å²) in [6.07, 6.45) is 1.54. The number of carbonyl (C=O) groups excluding carboxylic acids is 1. The molecule has 1 heterocycles. The third-order valence-corrected chi connectivity index (χ3v) is 7.02. The average molecular weight is 419 g/mol. The van der Waals surface area contributed by atoms with Crippen LogP contribution in [0.15, 0.2) is 53.4 Å². The summed E-state index contributed by atoms with van der Waals surface area (Å²) in [4.78, 5) is 12.5. The molecule has 1 amide bonds. The molecule has 1 fully saturated rings. The molecule has 3 rings (SSSR count). The van der Waals surface area contributed by atoms with Gasteiger partial charge < -0.3 is 5.32 Å². The average Bonchev–Trinajstić information content (AvgIpc) is 2.67. The van der Waals surface area contributed by atoms with Crippen molar-refractivity contribution in [3.63, 3.8) is 0 Å². The normalized spacial score (nSPS) is 20.4. The van der Waals surface area contributed by atoms with E-state index in [4.69, 9.17) is 0 Å². The van der Waals surface area contributed by atoms with Gasteiger partial charge in [0.25, 0.3) is 5.91 Å². The molecular weight excluding hydrogens is 391 g/mol. The number of nitrogens with zero attached hydrogens (tertiary/aromatic N) is 1. The number of hydrogen-bond donors (Lipinski definition) is 1. The Morgan fingerprint density at radius 3 is 2.38 bits per heavy atom. The van der Waals surface area contributed by atoms with Crippen molar-refractivity contribution in [1.82, 2.24) is 9.62 Å². The molecule has 5 nitrogen and oxygen atoms in total. The van der Waals surface area contributed by atoms with Gasteiger partial charge in [0.05, 0.1) is 4.90 Å². The van der Waals surface area contributed by atoms with E-state index in [1.54, 1.807) is 16.4 Å². The molecule has 0 aromatic heterocycles. The van der Waals surface area contributed by atoms with Crippen LogP contribution in [0.3, 0.4) is 0 Å². The zero-order valence-electron chi connectivity index (χ0n) is 16.8. The summed E-state index contributed by atoms with van der Waals surface area (Å²) in [7, 11) is -3.56. The molecule has 0 bridgehead atoms. The molecule has 0 unspecified atom stereocenters. The van der Waals surface area contributed by atoms with Crippen molar-refractivity contribution in [2.75, 3.05) is 19.6 Å². The lowest BCUT2D eigenvalue weighted by Crippen LogP contribution is -2.42. The third-order valence-electron chi connectivity index (χ3n) is 5.18. The van der Waals surface area contributed by atoms with Gasteiger partial charge in [-0.3, -0.25) is 4.79 Å². The maximum Gasteiger partial charge on any atom is 0.251 e. The highest BCUT2D eigenvalue weighted by Gasteiger charge is 2.31. The number of halogens is 1. The van der Waals surface area contributed by atoms with Crippen LogP contribution >= 0.6 is 0 Å². The summed E-state index contributed by atoms with van der Waals surface area (Å²) < 4.78 is 40.6. The first-order valence-electron chi connectivity index (χ1n) is 9.88. The van der Waals surface area contributed by atoms with Gasteiger partial charge in [0.1, 0.15) is 5.82 Å². The number of sulfonamides is 1. The Morgan fingerprint density at radius 1 is 1.10 bits per heavy atom. The van der Waals surface area contributed by atoms with Crippen LogP contribution in [0.5, 0.6) is 0 Å². The summed E-state index contributed by atoms with van der Waals surface area (Å²) in [5, 5.41) is 2.78. The molecule has 0 saturated carbocycles. The molecule has 2 aromatic carbocycles. The molecule has 2 aromatic rings. The lowest BCUT2D eigenvalue weighted by atomic mass is 9.94. The Morgan fingerprint density at radius 2 is 1.76 bits per heavy atom. The second-order valence-electron chi connectivity index (χ2n) is 7.93. The number of nitrogens with one attached hydrogen (secondary N) is 1. The Kier molecular flexibility index (Phi) is 6.70. The van der Waals surface area contributed by atoms with Gasteiger partial charge in [0.15, 0.2) is 0 Å². The van der Waals surface area contributed by atoms with Gasteiger partial charge in [-0.1, -0.05) is 26.0 Å². The standard InChI is InChI=1S/C22H27FN2O3S/c1-16-12-17(2)15-25(14-16)29(27,28)21-8-6-19(7-9-21)22(26)24-11-10-18-4-3-5-20(23)13-18/h3-9,13,16-17H,10-12,14-15H2,1-2H3,(H,24,26)/t16-,17+. The van der Waals surface area contributed by atoms with Crippen molar-refractivity contribution in [3.05, 3.63) is 65.5 Å². The maximum absolute atomic E-state index is 13.2. The number of carbonyl (C=O) groups is 1. The monoisotopic (exact) mass is 418 g/mol. The Bertz CT molecular complexity index is 950. The maximum atomic E-state index is 13.2. The van der Waals surface area contributed by atoms with Crippen molar-refractivity contribution >= 4 is 15.9 Å². The quantitative estimate of drug-likeness (QED) is 0.781. The summed E-state index contributed by atoms with van der Waals surface area (Å²) in [5.74, 6) is 0.0713. The van der Waals surface area contributed by atoms with Gasteiger partial charge in [-0.05, 0) is 66.6 Å². The van der Waals surface area contributed by atoms with E-state index in [0.717, 1.165) is 12.0 Å². The molecule has 156 valence electrons. The minimum absolute atomic E-state index is 0.204. The molecule has 1 aliphatic heterocycles. The third kappa shape index (κ3) is 5.42. The van der Waals surface area contributed by atoms with E-state index in [2.05, 4.69) is 19.2 Å². The minimum atomic E-state index is -3.56. The first-order chi connectivity index (χ1) is 13.8. The molecule has 7 heteroatoms. The lowest BCUT2D eigenvalue weighted by Gasteiger charge is -2.34. The SMILES string of the molecule is C[C@@H]1C[C@H](C)CN(S(=O)(=O)c2ccc(C(=O)NCCc3cccc(F)c3)cc2)C1. The first kappa shape index (κ1) is 21.5. The minimum Gasteiger partial charge on any atom is -0.352 e. The second-order valence-corrected chi connectivity index (χ2v) is 9.87. The molecule has 0 aliphatic carbocycles. The van der Waals surface area contributed by atoms with Gasteiger partial charge in [-0.15, -0.1) is 0 Å². The number of rotatable bonds is 6. The molecular formula is C22H27FN2O3S. The van der Waals surface area contributed by atoms with Gasteiger partial charge >= 0.3 is 0 Å². The van der Waals surface area contributed by atoms with Crippen molar-refractivity contribution < 1.29 is 17.6 Å². The zero-order valence-corrected chi connectivity index (χ0v) is 17.6. The van der Waals surface area contributed by atoms with Gasteiger partial charge in [0.2, 0.25) is 10.0 Å². The van der Waals surface area contributed by atoms with Crippen LogP contribution in [0.1, 0.15) is 36.2 Å². The molecule has 29 heavy (non-hydrogen) atoms. The van der Waals surface area contributed by atoms with Crippen LogP contribution in [-0.4, -0.2) is 38.3 Å². The summed E-state index contributed by atoms with van der Waals surface area (Å²) in [6.45, 7) is 5.54. The van der Waals surface area contributed by atoms with E-state index in [1.807, 2.05) is 0 Å². The molecule has 1 N–H and O–H groups in total. The predicted octanol–water partition coefficient (Wildman–Crippen LogP) is 3.46. The highest BCUT2D eigenvalue weighted by molar-refractivity contribution is 7.89. The summed E-state index contributed by atoms with van der Waals surface area (Å²) in [5.41, 5.74) is 1.19. The lowest BCUT2D eigenvalue weighted by molar-refractivity contribution is 0.0954. The summed E-state index contributed by atoms with van der Waals surface area (Å²) in [6, 6.07) is 12.3. The molecule has 0 radical (unpaired) electrons. The topological polar surface area (TPSA) is 66.5 Å². The largest absolute Gasteiger partial charge is 0.352 e. The van der Waals surface area contributed by atoms with Crippen molar-refractivity contribution in [2.24, 2.45) is 11.8 Å². The molecule has 1 saturated heterocycles. The fourth-order valence-corrected chi connectivity index (χ4v) is 5.52. The predicted molar refractivity (Wildman–Crippen MR) is 111 cm³/mol. The van der Waals surface area contributed by atoms with E-state index < -0.39 is 10.0 Å². The smallest absolute Gasteiger partial charge is 0.251 e. The molecule has 1 aliphatic rings. The van der Waals surface area contributed by atoms with E-state index >= 15 is 0 Å². The fourth-order valence-electron chi connectivity index (χ4n) is 3.84. The fraction of sp³-hybridized carbons (Fsp3) is 0.409. The Balaban J connectivity index is 1.61. The van der Waals surface area contributed by atoms with Crippen LogP contribution in [-0.2, 0) is 16.4 Å². The number of benzene rings is 2. The highest BCUT2D eigenvalue weighted by Crippen LogP contribution is 2.26. The Labute approximate surface area is 172 Å². The van der Waals surface area contributed by atoms with Crippen LogP contribution < -0.4 is 5.32 Å². The van der Waals surface area contributed by atoms with Gasteiger partial charge in [-0.2, -0.15) is 4.31 Å². The van der Waals surface area contributed by atoms with Crippen LogP contribution in [0, 0.1) is 17.7 Å². The van der Waals surface area contributed by atoms with E-state index in [1.165, 1.54) is 36.4 Å². The van der Waals surface area contributed by atoms with Crippen molar-refractivity contribution in [3.8, 4) is 0 Å². The van der Waals surface area contributed by atoms with Crippen LogP contribution in [0.4, 0.5) is 4.39 Å². The van der Waals surface area contributed by atoms with E-state index in [0.29, 0.717) is 43.5 Å². The second kappa shape index (κ2) is 9.05. The van der Waals surface area contributed by atoms with Crippen molar-refractivity contribution in [1.29, 1.82) is 0 Å². The number of amides is 1. The van der Waals surface area contributed by atoms with E-state index in [-0.39, 0.29) is 16.6 Å². The van der Waals surface area contributed by atoms with Crippen molar-refractivity contribution in [2.45, 2.75) is 31.6 Å². The number of piperidine rings is 1. The van der Waals surface area contributed by atoms with E-state index in [9.17, 15) is 17.6 Å². The summed E-state index contributed by atoms with van der Waals surface area (Å²) >= 11 is 0. The molecule has 2 atom stereocenters. The highest BCUT2D eigenvalue weighted by atomic mass is 32.2. The Hall–Kier alpha value is -2.25. The van der Waals surface area contributed by atoms with Gasteiger partial charge in [0, 0.05) is 25.2 Å².